The van der Waals surface area contributed by atoms with Crippen molar-refractivity contribution in [3.05, 3.63) is 5.14 Å². The maximum atomic E-state index is 9.30. The predicted octanol–water partition coefficient (Wildman–Crippen LogP) is -0.00430. The first-order valence-corrected chi connectivity index (χ1v) is 2.84. The van der Waals surface area contributed by atoms with Crippen LogP contribution in [0.4, 0.5) is 0 Å². The van der Waals surface area contributed by atoms with Gasteiger partial charge in [-0.2, -0.15) is 0 Å². The van der Waals surface area contributed by atoms with Gasteiger partial charge in [0.05, 0.1) is 10.0 Å². The molecule has 0 saturated heterocycles. The van der Waals surface area contributed by atoms with Crippen molar-refractivity contribution in [3.8, 4) is 0 Å². The maximum Gasteiger partial charge on any atom is 0.0670 e. The fourth-order valence-corrected chi connectivity index (χ4v) is 0. The van der Waals surface area contributed by atoms with Crippen molar-refractivity contribution >= 4 is 10.0 Å². The number of sulfonamides is 1. The Labute approximate surface area is 48.8 Å². The van der Waals surface area contributed by atoms with Crippen LogP contribution >= 0.6 is 0 Å². The summed E-state index contributed by atoms with van der Waals surface area (Å²) < 4.78 is 18.6. The zero-order valence-corrected chi connectivity index (χ0v) is 5.39. The fraction of sp³-hybridized carbons (Fsp3) is 1.00. The summed E-state index contributed by atoms with van der Waals surface area (Å²) in [4.78, 5) is 0. The summed E-state index contributed by atoms with van der Waals surface area (Å²) in [6.07, 6.45) is 0.826. The molecule has 0 aromatic rings. The fourth-order valence-electron chi connectivity index (χ4n) is 0. The second-order valence-electron chi connectivity index (χ2n) is 0.772. The molecule has 0 aliphatic heterocycles. The molecule has 1 radical (unpaired) electrons. The summed E-state index contributed by atoms with van der Waals surface area (Å²) in [6.45, 7) is 0. The summed E-state index contributed by atoms with van der Waals surface area (Å²) in [5.41, 5.74) is 0. The molecule has 0 amide bonds. The van der Waals surface area contributed by atoms with Gasteiger partial charge in [-0.15, -0.1) is 0 Å². The summed E-state index contributed by atoms with van der Waals surface area (Å²) in [7, 11) is -3.42. The molecule has 0 unspecified atom stereocenters. The van der Waals surface area contributed by atoms with Gasteiger partial charge in [0.2, 0.25) is 0 Å². The quantitative estimate of drug-likeness (QED) is 0.481. The average Bonchev–Trinajstić information content (AvgIpc) is 0.722. The van der Waals surface area contributed by atoms with Gasteiger partial charge in [-0.05, 0) is 0 Å². The van der Waals surface area contributed by atoms with E-state index < -0.39 is 10.0 Å². The minimum atomic E-state index is -3.42. The van der Waals surface area contributed by atoms with Gasteiger partial charge in [0.1, 0.15) is 0 Å². The number of hydrogen-bond acceptors (Lipinski definition) is 2. The van der Waals surface area contributed by atoms with E-state index in [-0.39, 0.29) is 18.6 Å². The summed E-state index contributed by atoms with van der Waals surface area (Å²) in [5.74, 6) is 0. The van der Waals surface area contributed by atoms with Crippen molar-refractivity contribution in [1.29, 1.82) is 0 Å². The van der Waals surface area contributed by atoms with E-state index in [1.54, 1.807) is 0 Å². The summed E-state index contributed by atoms with van der Waals surface area (Å²) in [6, 6.07) is 0. The van der Waals surface area contributed by atoms with Gasteiger partial charge in [0, 0.05) is 24.8 Å². The third kappa shape index (κ3) is 225. The molecule has 0 atom stereocenters. The van der Waals surface area contributed by atoms with E-state index in [0.29, 0.717) is 0 Å². The first-order valence-electron chi connectivity index (χ1n) is 0.946. The molecule has 0 bridgehead atoms. The normalized spacial score (nSPS) is 9.67. The van der Waals surface area contributed by atoms with Crippen LogP contribution in [0.1, 0.15) is 0 Å². The Balaban J connectivity index is 0. The van der Waals surface area contributed by atoms with Gasteiger partial charge in [0.15, 0.2) is 0 Å². The average molecular weight is 145 g/mol. The Hall–Kier alpha value is 0.494. The Bertz CT molecular complexity index is 96.7. The molecule has 0 aliphatic rings. The molecule has 1 N–H and O–H groups in total. The second-order valence-corrected chi connectivity index (χ2v) is 2.32. The van der Waals surface area contributed by atoms with E-state index in [9.17, 15) is 8.42 Å². The smallest absolute Gasteiger partial charge is 0.0670 e. The molecule has 6 heavy (non-hydrogen) atoms. The van der Waals surface area contributed by atoms with Crippen LogP contribution in [-0.2, 0) is 28.6 Å². The second kappa shape index (κ2) is 2.63. The molecule has 0 aromatic heterocycles. The van der Waals surface area contributed by atoms with Crippen LogP contribution in [0.2, 0.25) is 0 Å². The zero-order valence-electron chi connectivity index (χ0n) is 3.17. The Kier molecular flexibility index (Phi) is 4.26. The van der Waals surface area contributed by atoms with E-state index in [2.05, 4.69) is 0 Å². The minimum absolute atomic E-state index is 0. The summed E-state index contributed by atoms with van der Waals surface area (Å²) >= 11 is 0. The van der Waals surface area contributed by atoms with Gasteiger partial charge in [-0.25, -0.2) is 8.42 Å². The first-order chi connectivity index (χ1) is 2.00. The number of rotatable bonds is 0. The minimum Gasteiger partial charge on any atom is -0.564 e. The molecule has 0 heterocycles. The van der Waals surface area contributed by atoms with Crippen LogP contribution in [0.3, 0.4) is 0 Å². The van der Waals surface area contributed by atoms with Crippen LogP contribution in [0.5, 0.6) is 0 Å². The van der Waals surface area contributed by atoms with E-state index >= 15 is 0 Å². The topological polar surface area (TPSA) is 57.9 Å². The molecule has 0 saturated carbocycles. The molecular weight excluding hydrogens is 141 g/mol. The Morgan fingerprint density at radius 3 is 1.50 bits per heavy atom. The molecule has 0 aliphatic carbocycles. The van der Waals surface area contributed by atoms with Gasteiger partial charge in [-0.3, -0.25) is 0 Å². The molecular formula is CH4NO2SV-. The zero-order chi connectivity index (χ0) is 4.50. The van der Waals surface area contributed by atoms with E-state index in [1.807, 2.05) is 0 Å². The van der Waals surface area contributed by atoms with Crippen molar-refractivity contribution < 1.29 is 27.0 Å². The SMILES string of the molecule is CS([NH-])(=O)=O.[V]. The largest absolute Gasteiger partial charge is 0.564 e. The predicted molar refractivity (Wildman–Crippen MR) is 19.2 cm³/mol. The molecule has 3 nitrogen and oxygen atoms in total. The van der Waals surface area contributed by atoms with Crippen LogP contribution in [0.15, 0.2) is 0 Å². The third-order valence-corrected chi connectivity index (χ3v) is 0. The van der Waals surface area contributed by atoms with Crippen LogP contribution in [-0.4, -0.2) is 14.7 Å². The van der Waals surface area contributed by atoms with Gasteiger partial charge in [-0.1, -0.05) is 0 Å². The van der Waals surface area contributed by atoms with Crippen molar-refractivity contribution in [1.82, 2.24) is 0 Å². The Morgan fingerprint density at radius 1 is 1.50 bits per heavy atom. The van der Waals surface area contributed by atoms with E-state index in [4.69, 9.17) is 5.14 Å². The standard InChI is InChI=1S/CH4NO2S.V/c1-5(2,3)4;/h1H3,(H-,2,3,4);/q-1;. The first kappa shape index (κ1) is 9.71. The molecule has 37 valence electrons. The van der Waals surface area contributed by atoms with Crippen LogP contribution in [0.25, 0.3) is 5.14 Å². The number of nitrogens with one attached hydrogen (secondary N) is 1. The molecule has 0 rings (SSSR count). The van der Waals surface area contributed by atoms with Crippen molar-refractivity contribution in [3.63, 3.8) is 0 Å². The number of hydrogen-bond donors (Lipinski definition) is 0. The van der Waals surface area contributed by atoms with Crippen LogP contribution < -0.4 is 0 Å². The molecule has 5 heteroatoms. The summed E-state index contributed by atoms with van der Waals surface area (Å²) in [5, 5.41) is 5.91. The van der Waals surface area contributed by atoms with E-state index in [0.717, 1.165) is 6.26 Å². The molecule has 0 aromatic carbocycles. The van der Waals surface area contributed by atoms with Crippen molar-refractivity contribution in [2.75, 3.05) is 6.26 Å². The van der Waals surface area contributed by atoms with E-state index in [1.165, 1.54) is 0 Å². The van der Waals surface area contributed by atoms with Gasteiger partial charge < -0.3 is 5.14 Å². The monoisotopic (exact) mass is 145 g/mol. The van der Waals surface area contributed by atoms with Crippen molar-refractivity contribution in [2.24, 2.45) is 0 Å². The molecule has 0 spiro atoms. The van der Waals surface area contributed by atoms with Gasteiger partial charge in [0.25, 0.3) is 0 Å². The Morgan fingerprint density at radius 2 is 1.50 bits per heavy atom. The third-order valence-electron chi connectivity index (χ3n) is 0. The van der Waals surface area contributed by atoms with Crippen molar-refractivity contribution in [2.45, 2.75) is 0 Å². The maximum absolute atomic E-state index is 9.30. The van der Waals surface area contributed by atoms with Crippen LogP contribution in [0, 0.1) is 0 Å². The molecule has 0 fully saturated rings. The van der Waals surface area contributed by atoms with Gasteiger partial charge >= 0.3 is 0 Å².